The van der Waals surface area contributed by atoms with Crippen LogP contribution in [0.2, 0.25) is 0 Å². The summed E-state index contributed by atoms with van der Waals surface area (Å²) in [5.41, 5.74) is -0.189. The maximum absolute atomic E-state index is 11.4. The van der Waals surface area contributed by atoms with Crippen LogP contribution in [0.15, 0.2) is 0 Å². The first-order valence-electron chi connectivity index (χ1n) is 4.79. The van der Waals surface area contributed by atoms with Crippen molar-refractivity contribution in [1.82, 2.24) is 5.06 Å². The topological polar surface area (TPSA) is 49.8 Å². The molecule has 0 aromatic carbocycles. The molecule has 4 nitrogen and oxygen atoms in total. The molecule has 1 N–H and O–H groups in total. The lowest BCUT2D eigenvalue weighted by Crippen LogP contribution is -2.39. The highest BCUT2D eigenvalue weighted by atomic mass is 16.7. The van der Waals surface area contributed by atoms with Crippen molar-refractivity contribution in [2.45, 2.75) is 44.3 Å². The maximum atomic E-state index is 11.4. The minimum absolute atomic E-state index is 0.0144. The fourth-order valence-electron chi connectivity index (χ4n) is 1.90. The number of β-amino-alcohol motifs (C(OH)–C–C–N with tert-alkyl or cyclic N) is 1. The van der Waals surface area contributed by atoms with Crippen molar-refractivity contribution >= 4 is 5.91 Å². The van der Waals surface area contributed by atoms with E-state index in [0.29, 0.717) is 13.0 Å². The largest absolute Gasteiger partial charge is 0.391 e. The number of carbonyl (C=O) groups is 1. The summed E-state index contributed by atoms with van der Waals surface area (Å²) in [5.74, 6) is 0.0144. The first-order valence-corrected chi connectivity index (χ1v) is 4.79. The summed E-state index contributed by atoms with van der Waals surface area (Å²) >= 11 is 0. The molecule has 2 rings (SSSR count). The Morgan fingerprint density at radius 2 is 2.38 bits per heavy atom. The number of rotatable bonds is 2. The summed E-state index contributed by atoms with van der Waals surface area (Å²) in [6.45, 7) is 1.95. The van der Waals surface area contributed by atoms with Gasteiger partial charge in [-0.15, -0.1) is 0 Å². The van der Waals surface area contributed by atoms with Gasteiger partial charge in [-0.25, -0.2) is 5.06 Å². The van der Waals surface area contributed by atoms with Crippen LogP contribution in [0.25, 0.3) is 0 Å². The van der Waals surface area contributed by atoms with Crippen LogP contribution >= 0.6 is 0 Å². The highest BCUT2D eigenvalue weighted by Gasteiger charge is 2.49. The third-order valence-corrected chi connectivity index (χ3v) is 2.75. The van der Waals surface area contributed by atoms with Crippen molar-refractivity contribution in [3.63, 3.8) is 0 Å². The van der Waals surface area contributed by atoms with Crippen LogP contribution < -0.4 is 0 Å². The van der Waals surface area contributed by atoms with E-state index < -0.39 is 6.10 Å². The Morgan fingerprint density at radius 3 is 2.77 bits per heavy atom. The van der Waals surface area contributed by atoms with Crippen molar-refractivity contribution in [2.24, 2.45) is 0 Å². The number of aliphatic hydroxyl groups excluding tert-OH is 1. The van der Waals surface area contributed by atoms with E-state index in [-0.39, 0.29) is 11.5 Å². The SMILES string of the molecule is CC(O)CN1OC2(CCC2)CC1=O. The summed E-state index contributed by atoms with van der Waals surface area (Å²) in [5, 5.41) is 10.4. The number of hydrogen-bond donors (Lipinski definition) is 1. The first-order chi connectivity index (χ1) is 6.11. The van der Waals surface area contributed by atoms with Gasteiger partial charge in [0, 0.05) is 0 Å². The average molecular weight is 185 g/mol. The molecule has 1 heterocycles. The minimum atomic E-state index is -0.515. The van der Waals surface area contributed by atoms with Crippen molar-refractivity contribution in [3.05, 3.63) is 0 Å². The van der Waals surface area contributed by atoms with Crippen molar-refractivity contribution in [3.8, 4) is 0 Å². The summed E-state index contributed by atoms with van der Waals surface area (Å²) < 4.78 is 0. The second-order valence-corrected chi connectivity index (χ2v) is 4.11. The van der Waals surface area contributed by atoms with Gasteiger partial charge in [0.15, 0.2) is 0 Å². The van der Waals surface area contributed by atoms with Crippen LogP contribution in [0.4, 0.5) is 0 Å². The van der Waals surface area contributed by atoms with Gasteiger partial charge >= 0.3 is 0 Å². The third-order valence-electron chi connectivity index (χ3n) is 2.75. The summed E-state index contributed by atoms with van der Waals surface area (Å²) in [6.07, 6.45) is 3.10. The molecule has 2 fully saturated rings. The fraction of sp³-hybridized carbons (Fsp3) is 0.889. The molecule has 2 aliphatic rings. The molecule has 1 aliphatic heterocycles. The van der Waals surface area contributed by atoms with Crippen LogP contribution in [-0.4, -0.2) is 34.3 Å². The number of nitrogens with zero attached hydrogens (tertiary/aromatic N) is 1. The Bertz CT molecular complexity index is 223. The number of aliphatic hydroxyl groups is 1. The van der Waals surface area contributed by atoms with E-state index >= 15 is 0 Å². The Morgan fingerprint density at radius 1 is 1.69 bits per heavy atom. The standard InChI is InChI=1S/C9H15NO3/c1-7(11)6-10-8(12)5-9(13-10)3-2-4-9/h7,11H,2-6H2,1H3. The van der Waals surface area contributed by atoms with E-state index in [4.69, 9.17) is 9.94 Å². The monoisotopic (exact) mass is 185 g/mol. The third kappa shape index (κ3) is 1.56. The molecule has 0 aromatic rings. The lowest BCUT2D eigenvalue weighted by Gasteiger charge is -2.36. The number of carbonyl (C=O) groups excluding carboxylic acids is 1. The Labute approximate surface area is 77.4 Å². The normalized spacial score (nSPS) is 27.8. The number of hydroxylamine groups is 2. The van der Waals surface area contributed by atoms with Gasteiger partial charge in [0.2, 0.25) is 5.91 Å². The van der Waals surface area contributed by atoms with Crippen LogP contribution in [-0.2, 0) is 9.63 Å². The lowest BCUT2D eigenvalue weighted by molar-refractivity contribution is -0.225. The fourth-order valence-corrected chi connectivity index (χ4v) is 1.90. The van der Waals surface area contributed by atoms with Gasteiger partial charge in [-0.05, 0) is 26.2 Å². The van der Waals surface area contributed by atoms with Gasteiger partial charge in [-0.1, -0.05) is 0 Å². The van der Waals surface area contributed by atoms with E-state index in [9.17, 15) is 4.79 Å². The van der Waals surface area contributed by atoms with Gasteiger partial charge in [0.25, 0.3) is 0 Å². The smallest absolute Gasteiger partial charge is 0.249 e. The van der Waals surface area contributed by atoms with Crippen LogP contribution in [0.3, 0.4) is 0 Å². The van der Waals surface area contributed by atoms with Gasteiger partial charge in [-0.3, -0.25) is 9.63 Å². The molecule has 1 saturated heterocycles. The quantitative estimate of drug-likeness (QED) is 0.679. The first kappa shape index (κ1) is 8.97. The van der Waals surface area contributed by atoms with Crippen LogP contribution in [0, 0.1) is 0 Å². The molecule has 1 aliphatic carbocycles. The molecule has 13 heavy (non-hydrogen) atoms. The van der Waals surface area contributed by atoms with Gasteiger partial charge in [-0.2, -0.15) is 0 Å². The zero-order valence-corrected chi connectivity index (χ0v) is 7.82. The molecule has 0 aromatic heterocycles. The molecular formula is C9H15NO3. The van der Waals surface area contributed by atoms with Crippen molar-refractivity contribution in [1.29, 1.82) is 0 Å². The number of amides is 1. The van der Waals surface area contributed by atoms with Crippen LogP contribution in [0.5, 0.6) is 0 Å². The van der Waals surface area contributed by atoms with E-state index in [1.165, 1.54) is 5.06 Å². The van der Waals surface area contributed by atoms with Gasteiger partial charge < -0.3 is 5.11 Å². The summed E-state index contributed by atoms with van der Waals surface area (Å²) in [7, 11) is 0. The number of hydrogen-bond acceptors (Lipinski definition) is 3. The van der Waals surface area contributed by atoms with E-state index in [1.54, 1.807) is 6.92 Å². The molecule has 0 radical (unpaired) electrons. The van der Waals surface area contributed by atoms with Crippen molar-refractivity contribution < 1.29 is 14.7 Å². The second-order valence-electron chi connectivity index (χ2n) is 4.11. The van der Waals surface area contributed by atoms with Crippen molar-refractivity contribution in [2.75, 3.05) is 6.54 Å². The van der Waals surface area contributed by atoms with Gasteiger partial charge in [0.1, 0.15) is 5.60 Å². The zero-order valence-electron chi connectivity index (χ0n) is 7.82. The second kappa shape index (κ2) is 2.96. The minimum Gasteiger partial charge on any atom is -0.391 e. The molecule has 1 saturated carbocycles. The molecular weight excluding hydrogens is 170 g/mol. The molecule has 1 amide bonds. The van der Waals surface area contributed by atoms with Crippen LogP contribution in [0.1, 0.15) is 32.6 Å². The molecule has 4 heteroatoms. The molecule has 1 unspecified atom stereocenters. The zero-order chi connectivity index (χ0) is 9.47. The van der Waals surface area contributed by atoms with E-state index in [1.807, 2.05) is 0 Å². The lowest BCUT2D eigenvalue weighted by atomic mass is 9.78. The Kier molecular flexibility index (Phi) is 2.04. The Hall–Kier alpha value is -0.610. The van der Waals surface area contributed by atoms with E-state index in [2.05, 4.69) is 0 Å². The molecule has 1 spiro atoms. The predicted molar refractivity (Wildman–Crippen MR) is 45.7 cm³/mol. The van der Waals surface area contributed by atoms with E-state index in [0.717, 1.165) is 19.3 Å². The molecule has 1 atom stereocenters. The average Bonchev–Trinajstić information content (AvgIpc) is 2.27. The summed E-state index contributed by atoms with van der Waals surface area (Å²) in [4.78, 5) is 16.9. The molecule has 74 valence electrons. The highest BCUT2D eigenvalue weighted by molar-refractivity contribution is 5.78. The molecule has 0 bridgehead atoms. The Balaban J connectivity index is 1.95. The van der Waals surface area contributed by atoms with Gasteiger partial charge in [0.05, 0.1) is 19.1 Å². The maximum Gasteiger partial charge on any atom is 0.249 e. The highest BCUT2D eigenvalue weighted by Crippen LogP contribution is 2.43. The predicted octanol–water partition coefficient (Wildman–Crippen LogP) is 0.454. The summed E-state index contributed by atoms with van der Waals surface area (Å²) in [6, 6.07) is 0.